The number of nitrogens with zero attached hydrogens (tertiary/aromatic N) is 2. The van der Waals surface area contributed by atoms with Crippen molar-refractivity contribution in [2.45, 2.75) is 32.1 Å². The molecule has 0 saturated carbocycles. The predicted octanol–water partition coefficient (Wildman–Crippen LogP) is 3.65. The average molecular weight is 317 g/mol. The van der Waals surface area contributed by atoms with E-state index in [0.29, 0.717) is 5.56 Å². The summed E-state index contributed by atoms with van der Waals surface area (Å²) in [6, 6.07) is 7.97. The van der Waals surface area contributed by atoms with Crippen LogP contribution in [0.15, 0.2) is 34.1 Å². The van der Waals surface area contributed by atoms with Crippen LogP contribution in [0.5, 0.6) is 5.75 Å². The number of rotatable bonds is 3. The highest BCUT2D eigenvalue weighted by Crippen LogP contribution is 2.46. The van der Waals surface area contributed by atoms with Crippen LogP contribution in [0.1, 0.15) is 43.2 Å². The monoisotopic (exact) mass is 317 g/mol. The topological polar surface area (TPSA) is 59.4 Å². The Morgan fingerprint density at radius 2 is 2.09 bits per heavy atom. The number of fused-ring (bicyclic) bond motifs is 1. The van der Waals surface area contributed by atoms with Crippen molar-refractivity contribution < 1.29 is 4.74 Å². The van der Waals surface area contributed by atoms with Crippen LogP contribution in [0.2, 0.25) is 0 Å². The minimum atomic E-state index is -0.104. The third-order valence-corrected chi connectivity index (χ3v) is 4.85. The number of ether oxygens (including phenoxy) is 1. The lowest BCUT2D eigenvalue weighted by molar-refractivity contribution is 0.410. The van der Waals surface area contributed by atoms with Crippen molar-refractivity contribution in [3.63, 3.8) is 0 Å². The van der Waals surface area contributed by atoms with Crippen LogP contribution >= 0.6 is 11.8 Å². The van der Waals surface area contributed by atoms with E-state index >= 15 is 0 Å². The molecule has 0 amide bonds. The van der Waals surface area contributed by atoms with E-state index in [1.165, 1.54) is 0 Å². The molecule has 0 aliphatic carbocycles. The average Bonchev–Trinajstić information content (AvgIpc) is 2.83. The zero-order valence-electron chi connectivity index (χ0n) is 13.1. The maximum atomic E-state index is 12.5. The smallest absolute Gasteiger partial charge is 0.271 e. The molecule has 0 bridgehead atoms. The van der Waals surface area contributed by atoms with Gasteiger partial charge in [-0.3, -0.25) is 14.6 Å². The van der Waals surface area contributed by atoms with Crippen LogP contribution < -0.4 is 10.3 Å². The van der Waals surface area contributed by atoms with E-state index in [9.17, 15) is 4.79 Å². The summed E-state index contributed by atoms with van der Waals surface area (Å²) in [5.41, 5.74) is 1.62. The quantitative estimate of drug-likeness (QED) is 0.940. The fraction of sp³-hybridized carbons (Fsp3) is 0.375. The Hall–Kier alpha value is -1.95. The van der Waals surface area contributed by atoms with Crippen LogP contribution in [-0.4, -0.2) is 21.9 Å². The maximum absolute atomic E-state index is 12.5. The van der Waals surface area contributed by atoms with Gasteiger partial charge in [0.25, 0.3) is 5.56 Å². The molecule has 116 valence electrons. The van der Waals surface area contributed by atoms with Crippen molar-refractivity contribution in [1.82, 2.24) is 9.78 Å². The first-order valence-corrected chi connectivity index (χ1v) is 8.10. The van der Waals surface area contributed by atoms with E-state index in [4.69, 9.17) is 4.74 Å². The van der Waals surface area contributed by atoms with E-state index in [1.54, 1.807) is 18.9 Å². The Balaban J connectivity index is 2.22. The second-order valence-electron chi connectivity index (χ2n) is 5.51. The molecule has 1 N–H and O–H groups in total. The van der Waals surface area contributed by atoms with E-state index in [2.05, 4.69) is 10.1 Å². The van der Waals surface area contributed by atoms with Gasteiger partial charge in [0.05, 0.1) is 23.0 Å². The van der Waals surface area contributed by atoms with E-state index < -0.39 is 0 Å². The number of aromatic nitrogens is 2. The molecule has 0 fully saturated rings. The molecule has 6 heteroatoms. The zero-order valence-corrected chi connectivity index (χ0v) is 13.9. The Morgan fingerprint density at radius 3 is 2.77 bits per heavy atom. The van der Waals surface area contributed by atoms with Crippen LogP contribution in [-0.2, 0) is 0 Å². The molecule has 1 unspecified atom stereocenters. The Morgan fingerprint density at radius 1 is 1.36 bits per heavy atom. The minimum Gasteiger partial charge on any atom is -0.496 e. The lowest BCUT2D eigenvalue weighted by Gasteiger charge is -2.22. The number of hydrogen-bond acceptors (Lipinski definition) is 4. The molecule has 0 saturated heterocycles. The fourth-order valence-electron chi connectivity index (χ4n) is 2.68. The van der Waals surface area contributed by atoms with Crippen molar-refractivity contribution in [3.05, 3.63) is 45.7 Å². The van der Waals surface area contributed by atoms with E-state index in [1.807, 2.05) is 49.7 Å². The highest BCUT2D eigenvalue weighted by Gasteiger charge is 2.32. The van der Waals surface area contributed by atoms with Crippen LogP contribution in [0.4, 0.5) is 5.82 Å². The molecule has 5 nitrogen and oxygen atoms in total. The number of aromatic amines is 1. The molecule has 1 aliphatic heterocycles. The molecule has 2 aromatic rings. The van der Waals surface area contributed by atoms with Gasteiger partial charge in [-0.2, -0.15) is 0 Å². The highest BCUT2D eigenvalue weighted by atomic mass is 32.2. The third-order valence-electron chi connectivity index (χ3n) is 3.69. The Labute approximate surface area is 133 Å². The van der Waals surface area contributed by atoms with Gasteiger partial charge in [-0.1, -0.05) is 30.0 Å². The number of aliphatic imine (C=N–C) groups is 1. The van der Waals surface area contributed by atoms with E-state index in [0.717, 1.165) is 22.2 Å². The standard InChI is InChI=1S/C16H19N3O2S/c1-9(2)19-15-13(16(20)18-19)14(22-10(3)17-15)11-7-5-6-8-12(11)21-4/h5-9,14H,1-4H3,(H,18,20). The summed E-state index contributed by atoms with van der Waals surface area (Å²) in [4.78, 5) is 17.1. The summed E-state index contributed by atoms with van der Waals surface area (Å²) >= 11 is 1.59. The number of methoxy groups -OCH3 is 1. The van der Waals surface area contributed by atoms with E-state index in [-0.39, 0.29) is 16.9 Å². The van der Waals surface area contributed by atoms with Gasteiger partial charge in [0.1, 0.15) is 5.75 Å². The Kier molecular flexibility index (Phi) is 3.87. The van der Waals surface area contributed by atoms with Crippen molar-refractivity contribution in [2.24, 2.45) is 4.99 Å². The number of thioether (sulfide) groups is 1. The van der Waals surface area contributed by atoms with Gasteiger partial charge in [0, 0.05) is 11.6 Å². The molecule has 22 heavy (non-hydrogen) atoms. The van der Waals surface area contributed by atoms with Crippen molar-refractivity contribution in [2.75, 3.05) is 7.11 Å². The first-order valence-electron chi connectivity index (χ1n) is 7.22. The molecule has 1 aromatic carbocycles. The number of para-hydroxylation sites is 1. The number of H-pyrrole nitrogens is 1. The summed E-state index contributed by atoms with van der Waals surface area (Å²) in [6.07, 6.45) is 0. The molecule has 0 spiro atoms. The number of benzene rings is 1. The van der Waals surface area contributed by atoms with Gasteiger partial charge < -0.3 is 4.74 Å². The zero-order chi connectivity index (χ0) is 15.9. The number of hydrogen-bond donors (Lipinski definition) is 1. The normalized spacial score (nSPS) is 17.3. The first kappa shape index (κ1) is 15.0. The summed E-state index contributed by atoms with van der Waals surface area (Å²) in [5, 5.41) is 3.75. The van der Waals surface area contributed by atoms with Crippen molar-refractivity contribution >= 4 is 22.6 Å². The third kappa shape index (κ3) is 2.37. The minimum absolute atomic E-state index is 0.0802. The molecule has 1 aromatic heterocycles. The second kappa shape index (κ2) is 5.68. The summed E-state index contributed by atoms with van der Waals surface area (Å²) in [7, 11) is 1.65. The molecule has 0 radical (unpaired) electrons. The van der Waals surface area contributed by atoms with Gasteiger partial charge >= 0.3 is 0 Å². The van der Waals surface area contributed by atoms with Crippen LogP contribution in [0.25, 0.3) is 0 Å². The van der Waals surface area contributed by atoms with Gasteiger partial charge in [-0.15, -0.1) is 0 Å². The molecule has 1 atom stereocenters. The largest absolute Gasteiger partial charge is 0.496 e. The van der Waals surface area contributed by atoms with Crippen molar-refractivity contribution in [3.8, 4) is 5.75 Å². The summed E-state index contributed by atoms with van der Waals surface area (Å²) in [6.45, 7) is 6.03. The lowest BCUT2D eigenvalue weighted by Crippen LogP contribution is -2.14. The van der Waals surface area contributed by atoms with Crippen LogP contribution in [0, 0.1) is 0 Å². The molecule has 3 rings (SSSR count). The van der Waals surface area contributed by atoms with Crippen molar-refractivity contribution in [1.29, 1.82) is 0 Å². The van der Waals surface area contributed by atoms with Crippen LogP contribution in [0.3, 0.4) is 0 Å². The fourth-order valence-corrected chi connectivity index (χ4v) is 3.82. The molecular weight excluding hydrogens is 298 g/mol. The van der Waals surface area contributed by atoms with Gasteiger partial charge in [-0.25, -0.2) is 4.99 Å². The van der Waals surface area contributed by atoms with Gasteiger partial charge in [-0.05, 0) is 26.8 Å². The maximum Gasteiger partial charge on any atom is 0.271 e. The second-order valence-corrected chi connectivity index (χ2v) is 6.81. The molecule has 1 aliphatic rings. The predicted molar refractivity (Wildman–Crippen MR) is 90.6 cm³/mol. The van der Waals surface area contributed by atoms with Gasteiger partial charge in [0.15, 0.2) is 5.82 Å². The molecular formula is C16H19N3O2S. The molecule has 2 heterocycles. The first-order chi connectivity index (χ1) is 10.5. The summed E-state index contributed by atoms with van der Waals surface area (Å²) < 4.78 is 7.31. The summed E-state index contributed by atoms with van der Waals surface area (Å²) in [5.74, 6) is 1.52. The Bertz CT molecular complexity index is 789. The SMILES string of the molecule is COc1ccccc1C1SC(C)=Nc2c1c(=O)[nH]n2C(C)C. The number of nitrogens with one attached hydrogen (secondary N) is 1. The van der Waals surface area contributed by atoms with Gasteiger partial charge in [0.2, 0.25) is 0 Å². The highest BCUT2D eigenvalue weighted by molar-refractivity contribution is 8.14. The lowest BCUT2D eigenvalue weighted by atomic mass is 10.0.